The standard InChI is InChI=1S/C15H13BrCl2N4O/c16-10-5-20-15(21-6-10)22-7-13(14(23)8-22)19-4-9-1-2-11(17)3-12(9)18/h1-3,5-6,13,19H,4,7-8H2. The zero-order valence-electron chi connectivity index (χ0n) is 12.0. The van der Waals surface area contributed by atoms with E-state index in [-0.39, 0.29) is 11.8 Å². The molecule has 0 amide bonds. The van der Waals surface area contributed by atoms with Crippen molar-refractivity contribution in [3.63, 3.8) is 0 Å². The molecule has 2 heterocycles. The lowest BCUT2D eigenvalue weighted by Gasteiger charge is -2.15. The molecule has 0 saturated carbocycles. The van der Waals surface area contributed by atoms with Crippen LogP contribution in [0.25, 0.3) is 0 Å². The number of hydrogen-bond acceptors (Lipinski definition) is 5. The molecule has 1 saturated heterocycles. The van der Waals surface area contributed by atoms with E-state index >= 15 is 0 Å². The lowest BCUT2D eigenvalue weighted by molar-refractivity contribution is -0.117. The number of rotatable bonds is 4. The van der Waals surface area contributed by atoms with E-state index in [2.05, 4.69) is 31.2 Å². The van der Waals surface area contributed by atoms with Crippen molar-refractivity contribution >= 4 is 50.9 Å². The summed E-state index contributed by atoms with van der Waals surface area (Å²) in [5, 5.41) is 4.41. The Morgan fingerprint density at radius 1 is 1.30 bits per heavy atom. The van der Waals surface area contributed by atoms with Crippen LogP contribution in [0.15, 0.2) is 35.1 Å². The summed E-state index contributed by atoms with van der Waals surface area (Å²) in [5.41, 5.74) is 0.905. The summed E-state index contributed by atoms with van der Waals surface area (Å²) in [5.74, 6) is 0.664. The maximum atomic E-state index is 12.2. The first kappa shape index (κ1) is 16.6. The molecule has 1 aromatic heterocycles. The number of Topliss-reactive ketones (excluding diaryl/α,β-unsaturated/α-hetero) is 1. The Bertz CT molecular complexity index is 726. The maximum Gasteiger partial charge on any atom is 0.225 e. The smallest absolute Gasteiger partial charge is 0.225 e. The second-order valence-corrected chi connectivity index (χ2v) is 6.98. The molecule has 0 aliphatic carbocycles. The predicted molar refractivity (Wildman–Crippen MR) is 94.0 cm³/mol. The van der Waals surface area contributed by atoms with E-state index < -0.39 is 0 Å². The van der Waals surface area contributed by atoms with E-state index in [0.29, 0.717) is 35.6 Å². The Kier molecular flexibility index (Phi) is 5.16. The van der Waals surface area contributed by atoms with E-state index in [4.69, 9.17) is 23.2 Å². The second kappa shape index (κ2) is 7.13. The first-order valence-corrected chi connectivity index (χ1v) is 8.50. The summed E-state index contributed by atoms with van der Waals surface area (Å²) in [6.45, 7) is 1.33. The van der Waals surface area contributed by atoms with Gasteiger partial charge in [0.1, 0.15) is 0 Å². The fraction of sp³-hybridized carbons (Fsp3) is 0.267. The molecular weight excluding hydrogens is 403 g/mol. The Labute approximate surface area is 152 Å². The van der Waals surface area contributed by atoms with Crippen LogP contribution in [0.1, 0.15) is 5.56 Å². The zero-order chi connectivity index (χ0) is 16.4. The van der Waals surface area contributed by atoms with Crippen LogP contribution in [0.2, 0.25) is 10.0 Å². The van der Waals surface area contributed by atoms with Crippen molar-refractivity contribution in [3.05, 3.63) is 50.7 Å². The molecule has 1 N–H and O–H groups in total. The van der Waals surface area contributed by atoms with Gasteiger partial charge in [0.2, 0.25) is 5.95 Å². The number of nitrogens with zero attached hydrogens (tertiary/aromatic N) is 3. The quantitative estimate of drug-likeness (QED) is 0.831. The molecule has 1 aliphatic heterocycles. The summed E-state index contributed by atoms with van der Waals surface area (Å²) >= 11 is 15.3. The second-order valence-electron chi connectivity index (χ2n) is 5.22. The van der Waals surface area contributed by atoms with Gasteiger partial charge >= 0.3 is 0 Å². The van der Waals surface area contributed by atoms with E-state index in [1.807, 2.05) is 11.0 Å². The number of halogens is 3. The van der Waals surface area contributed by atoms with Crippen molar-refractivity contribution in [2.75, 3.05) is 18.0 Å². The number of carbonyl (C=O) groups is 1. The SMILES string of the molecule is O=C1CN(c2ncc(Br)cn2)CC1NCc1ccc(Cl)cc1Cl. The van der Waals surface area contributed by atoms with Crippen LogP contribution in [0.5, 0.6) is 0 Å². The molecule has 120 valence electrons. The zero-order valence-corrected chi connectivity index (χ0v) is 15.1. The molecule has 1 fully saturated rings. The third kappa shape index (κ3) is 4.01. The Morgan fingerprint density at radius 3 is 2.74 bits per heavy atom. The lowest BCUT2D eigenvalue weighted by atomic mass is 10.2. The van der Waals surface area contributed by atoms with Gasteiger partial charge in [-0.1, -0.05) is 29.3 Å². The molecule has 2 aromatic rings. The van der Waals surface area contributed by atoms with Gasteiger partial charge in [0.25, 0.3) is 0 Å². The third-order valence-electron chi connectivity index (χ3n) is 3.58. The van der Waals surface area contributed by atoms with Crippen molar-refractivity contribution in [2.45, 2.75) is 12.6 Å². The minimum Gasteiger partial charge on any atom is -0.331 e. The highest BCUT2D eigenvalue weighted by Crippen LogP contribution is 2.21. The summed E-state index contributed by atoms with van der Waals surface area (Å²) < 4.78 is 0.804. The number of benzene rings is 1. The molecule has 0 spiro atoms. The Morgan fingerprint density at radius 2 is 2.04 bits per heavy atom. The molecule has 1 atom stereocenters. The van der Waals surface area contributed by atoms with Crippen molar-refractivity contribution < 1.29 is 4.79 Å². The summed E-state index contributed by atoms with van der Waals surface area (Å²) in [7, 11) is 0. The summed E-state index contributed by atoms with van der Waals surface area (Å²) in [6, 6.07) is 5.06. The van der Waals surface area contributed by atoms with Crippen LogP contribution >= 0.6 is 39.1 Å². The monoisotopic (exact) mass is 414 g/mol. The van der Waals surface area contributed by atoms with Crippen LogP contribution in [0.3, 0.4) is 0 Å². The van der Waals surface area contributed by atoms with Gasteiger partial charge in [0.15, 0.2) is 5.78 Å². The van der Waals surface area contributed by atoms with Gasteiger partial charge in [-0.05, 0) is 33.6 Å². The van der Waals surface area contributed by atoms with Gasteiger partial charge in [0, 0.05) is 35.5 Å². The molecule has 1 aliphatic rings. The molecule has 5 nitrogen and oxygen atoms in total. The molecule has 1 aromatic carbocycles. The Balaban J connectivity index is 1.63. The molecular formula is C15H13BrCl2N4O. The van der Waals surface area contributed by atoms with Gasteiger partial charge in [-0.25, -0.2) is 9.97 Å². The highest BCUT2D eigenvalue weighted by atomic mass is 79.9. The molecule has 0 radical (unpaired) electrons. The number of nitrogens with one attached hydrogen (secondary N) is 1. The van der Waals surface area contributed by atoms with Crippen molar-refractivity contribution in [2.24, 2.45) is 0 Å². The van der Waals surface area contributed by atoms with Gasteiger partial charge in [-0.2, -0.15) is 0 Å². The number of ketones is 1. The summed E-state index contributed by atoms with van der Waals surface area (Å²) in [6.07, 6.45) is 3.34. The van der Waals surface area contributed by atoms with Crippen LogP contribution in [-0.4, -0.2) is 34.9 Å². The molecule has 0 bridgehead atoms. The molecule has 3 rings (SSSR count). The van der Waals surface area contributed by atoms with E-state index in [1.54, 1.807) is 24.5 Å². The maximum absolute atomic E-state index is 12.2. The van der Waals surface area contributed by atoms with Crippen molar-refractivity contribution in [1.82, 2.24) is 15.3 Å². The van der Waals surface area contributed by atoms with E-state index in [9.17, 15) is 4.79 Å². The summed E-state index contributed by atoms with van der Waals surface area (Å²) in [4.78, 5) is 22.5. The van der Waals surface area contributed by atoms with Gasteiger partial charge < -0.3 is 10.2 Å². The molecule has 1 unspecified atom stereocenters. The van der Waals surface area contributed by atoms with Crippen LogP contribution < -0.4 is 10.2 Å². The van der Waals surface area contributed by atoms with Gasteiger partial charge in [-0.15, -0.1) is 0 Å². The van der Waals surface area contributed by atoms with E-state index in [1.165, 1.54) is 0 Å². The highest BCUT2D eigenvalue weighted by molar-refractivity contribution is 9.10. The van der Waals surface area contributed by atoms with Crippen LogP contribution in [0.4, 0.5) is 5.95 Å². The molecule has 8 heteroatoms. The van der Waals surface area contributed by atoms with Crippen LogP contribution in [-0.2, 0) is 11.3 Å². The van der Waals surface area contributed by atoms with Crippen molar-refractivity contribution in [1.29, 1.82) is 0 Å². The Hall–Kier alpha value is -1.21. The number of aromatic nitrogens is 2. The average molecular weight is 416 g/mol. The first-order chi connectivity index (χ1) is 11.0. The average Bonchev–Trinajstić information content (AvgIpc) is 2.88. The van der Waals surface area contributed by atoms with Crippen molar-refractivity contribution in [3.8, 4) is 0 Å². The third-order valence-corrected chi connectivity index (χ3v) is 4.58. The lowest BCUT2D eigenvalue weighted by Crippen LogP contribution is -2.36. The number of carbonyl (C=O) groups excluding carboxylic acids is 1. The first-order valence-electron chi connectivity index (χ1n) is 6.95. The van der Waals surface area contributed by atoms with Gasteiger partial charge in [-0.3, -0.25) is 4.79 Å². The van der Waals surface area contributed by atoms with E-state index in [0.717, 1.165) is 10.0 Å². The highest BCUT2D eigenvalue weighted by Gasteiger charge is 2.31. The number of anilines is 1. The molecule has 23 heavy (non-hydrogen) atoms. The van der Waals surface area contributed by atoms with Crippen LogP contribution in [0, 0.1) is 0 Å². The fourth-order valence-corrected chi connectivity index (χ4v) is 3.06. The topological polar surface area (TPSA) is 58.1 Å². The minimum atomic E-state index is -0.269. The number of hydrogen-bond donors (Lipinski definition) is 1. The fourth-order valence-electron chi connectivity index (χ4n) is 2.38. The minimum absolute atomic E-state index is 0.113. The normalized spacial score (nSPS) is 17.8. The predicted octanol–water partition coefficient (Wildman–Crippen LogP) is 3.09. The largest absolute Gasteiger partial charge is 0.331 e. The van der Waals surface area contributed by atoms with Gasteiger partial charge in [0.05, 0.1) is 17.1 Å².